The van der Waals surface area contributed by atoms with E-state index in [0.717, 1.165) is 56.8 Å². The molecule has 5 rings (SSSR count). The normalized spacial score (nSPS) is 12.8. The van der Waals surface area contributed by atoms with E-state index < -0.39 is 0 Å². The molecule has 4 aromatic rings. The molecule has 1 aliphatic rings. The van der Waals surface area contributed by atoms with Crippen molar-refractivity contribution in [1.82, 2.24) is 19.9 Å². The van der Waals surface area contributed by atoms with Crippen LogP contribution in [0, 0.1) is 27.2 Å². The number of nitrogens with zero attached hydrogens (tertiary/aromatic N) is 2. The number of imidazole rings is 2. The topological polar surface area (TPSA) is 94.3 Å². The second-order valence-corrected chi connectivity index (χ2v) is 10.0. The van der Waals surface area contributed by atoms with E-state index in [1.165, 1.54) is 0 Å². The van der Waals surface area contributed by atoms with E-state index in [2.05, 4.69) is 71.0 Å². The number of H-pyrrole nitrogens is 2. The first-order valence-corrected chi connectivity index (χ1v) is 15.6. The predicted octanol–water partition coefficient (Wildman–Crippen LogP) is 9.85. The van der Waals surface area contributed by atoms with Crippen molar-refractivity contribution in [2.75, 3.05) is 39.6 Å². The number of fused-ring (bicyclic) bond motifs is 3. The van der Waals surface area contributed by atoms with Crippen LogP contribution in [0.2, 0.25) is 0 Å². The first-order chi connectivity index (χ1) is 21.0. The minimum atomic E-state index is 0. The molecule has 1 atom stereocenters. The van der Waals surface area contributed by atoms with Crippen molar-refractivity contribution in [3.63, 3.8) is 0 Å². The SMILES string of the molecule is C.CC.CC.C[CH-]c1ncc(-c2ccc3c(c2)OCCOCCOCCOc2cc(-c4cnc([C@H](C)C(C)C)[nH]4)ccc2-3)[nH]1.[CH3-].[CH3-].[W].[Y+3]. The first-order valence-electron chi connectivity index (χ1n) is 15.6. The molecule has 0 saturated carbocycles. The molecule has 0 spiro atoms. The number of nitrogens with one attached hydrogen (secondary N) is 2. The van der Waals surface area contributed by atoms with Crippen LogP contribution in [0.4, 0.5) is 0 Å². The molecular formula is C38H59N4O4WY. The van der Waals surface area contributed by atoms with Crippen molar-refractivity contribution in [3.05, 3.63) is 81.7 Å². The molecule has 10 heteroatoms. The Morgan fingerprint density at radius 1 is 0.688 bits per heavy atom. The van der Waals surface area contributed by atoms with Crippen molar-refractivity contribution in [1.29, 1.82) is 0 Å². The van der Waals surface area contributed by atoms with Gasteiger partial charge < -0.3 is 50.2 Å². The molecule has 0 unspecified atom stereocenters. The summed E-state index contributed by atoms with van der Waals surface area (Å²) in [4.78, 5) is 15.9. The molecule has 264 valence electrons. The van der Waals surface area contributed by atoms with Gasteiger partial charge in [0, 0.05) is 55.4 Å². The van der Waals surface area contributed by atoms with Crippen LogP contribution in [-0.2, 0) is 63.2 Å². The largest absolute Gasteiger partial charge is 3.00 e. The summed E-state index contributed by atoms with van der Waals surface area (Å²) < 4.78 is 23.9. The predicted molar refractivity (Wildman–Crippen MR) is 194 cm³/mol. The Hall–Kier alpha value is -1.96. The van der Waals surface area contributed by atoms with E-state index in [1.54, 1.807) is 0 Å². The fraction of sp³-hybridized carbons (Fsp3) is 0.447. The van der Waals surface area contributed by atoms with Gasteiger partial charge in [0.15, 0.2) is 0 Å². The molecule has 0 bridgehead atoms. The van der Waals surface area contributed by atoms with Crippen LogP contribution in [0.1, 0.15) is 80.4 Å². The number of hydrogen-bond donors (Lipinski definition) is 2. The van der Waals surface area contributed by atoms with E-state index in [4.69, 9.17) is 18.9 Å². The average Bonchev–Trinajstić information content (AvgIpc) is 3.74. The molecule has 3 heterocycles. The van der Waals surface area contributed by atoms with E-state index in [1.807, 2.05) is 59.5 Å². The van der Waals surface area contributed by atoms with Gasteiger partial charge in [0.05, 0.1) is 44.0 Å². The quantitative estimate of drug-likeness (QED) is 0.194. The molecule has 0 saturated heterocycles. The van der Waals surface area contributed by atoms with E-state index >= 15 is 0 Å². The number of benzene rings is 2. The monoisotopic (exact) mass is 908 g/mol. The Bertz CT molecular complexity index is 1390. The van der Waals surface area contributed by atoms with Crippen molar-refractivity contribution < 1.29 is 72.7 Å². The minimum absolute atomic E-state index is 0. The van der Waals surface area contributed by atoms with Gasteiger partial charge in [0.2, 0.25) is 0 Å². The summed E-state index contributed by atoms with van der Waals surface area (Å²) in [5.41, 5.74) is 5.79. The maximum atomic E-state index is 6.30. The van der Waals surface area contributed by atoms with Gasteiger partial charge in [-0.2, -0.15) is 6.92 Å². The third-order valence-corrected chi connectivity index (χ3v) is 7.11. The zero-order valence-electron chi connectivity index (χ0n) is 30.1. The van der Waals surface area contributed by atoms with Crippen molar-refractivity contribution in [2.45, 2.75) is 68.7 Å². The molecule has 0 amide bonds. The third-order valence-electron chi connectivity index (χ3n) is 7.11. The van der Waals surface area contributed by atoms with Crippen LogP contribution in [0.15, 0.2) is 48.8 Å². The van der Waals surface area contributed by atoms with E-state index in [-0.39, 0.29) is 76.1 Å². The Labute approximate surface area is 331 Å². The molecule has 2 aromatic carbocycles. The van der Waals surface area contributed by atoms with E-state index in [9.17, 15) is 0 Å². The van der Waals surface area contributed by atoms with Gasteiger partial charge >= 0.3 is 32.7 Å². The number of aromatic nitrogens is 4. The van der Waals surface area contributed by atoms with Gasteiger partial charge in [-0.1, -0.05) is 68.0 Å². The first kappa shape index (κ1) is 50.4. The molecule has 2 N–H and O–H groups in total. The summed E-state index contributed by atoms with van der Waals surface area (Å²) in [6, 6.07) is 12.4. The van der Waals surface area contributed by atoms with Crippen LogP contribution in [0.5, 0.6) is 11.5 Å². The second kappa shape index (κ2) is 26.9. The van der Waals surface area contributed by atoms with Crippen molar-refractivity contribution >= 4 is 0 Å². The molecule has 2 aromatic heterocycles. The number of ether oxygens (including phenoxy) is 4. The molecule has 0 fully saturated rings. The van der Waals surface area contributed by atoms with E-state index in [0.29, 0.717) is 51.5 Å². The van der Waals surface area contributed by atoms with Crippen LogP contribution < -0.4 is 9.47 Å². The van der Waals surface area contributed by atoms with Gasteiger partial charge in [-0.05, 0) is 36.0 Å². The average molecular weight is 909 g/mol. The zero-order chi connectivity index (χ0) is 31.2. The summed E-state index contributed by atoms with van der Waals surface area (Å²) in [6.07, 6.45) is 5.68. The summed E-state index contributed by atoms with van der Waals surface area (Å²) >= 11 is 0. The molecular weight excluding hydrogens is 849 g/mol. The van der Waals surface area contributed by atoms with Crippen molar-refractivity contribution in [2.24, 2.45) is 5.92 Å². The van der Waals surface area contributed by atoms with Gasteiger partial charge in [0.25, 0.3) is 0 Å². The van der Waals surface area contributed by atoms with Crippen LogP contribution in [0.3, 0.4) is 0 Å². The maximum absolute atomic E-state index is 6.30. The molecule has 1 aliphatic heterocycles. The summed E-state index contributed by atoms with van der Waals surface area (Å²) in [5, 5.41) is 0. The zero-order valence-corrected chi connectivity index (χ0v) is 35.9. The Morgan fingerprint density at radius 3 is 1.56 bits per heavy atom. The van der Waals surface area contributed by atoms with Crippen molar-refractivity contribution in [3.8, 4) is 45.1 Å². The van der Waals surface area contributed by atoms with Gasteiger partial charge in [-0.3, -0.25) is 4.98 Å². The Balaban J connectivity index is -0.00000217. The number of rotatable bonds is 5. The summed E-state index contributed by atoms with van der Waals surface area (Å²) in [7, 11) is 0. The fourth-order valence-corrected chi connectivity index (χ4v) is 4.47. The van der Waals surface area contributed by atoms with Crippen LogP contribution in [-0.4, -0.2) is 59.6 Å². The second-order valence-electron chi connectivity index (χ2n) is 10.0. The van der Waals surface area contributed by atoms with Gasteiger partial charge in [0.1, 0.15) is 30.5 Å². The Morgan fingerprint density at radius 2 is 1.12 bits per heavy atom. The Kier molecular flexibility index (Phi) is 28.2. The third kappa shape index (κ3) is 13.7. The van der Waals surface area contributed by atoms with Crippen LogP contribution >= 0.6 is 0 Å². The number of aromatic amines is 2. The number of hydrogen-bond acceptors (Lipinski definition) is 6. The fourth-order valence-electron chi connectivity index (χ4n) is 4.47. The standard InChI is InChI=1S/C31H37N4O4.2C2H6.CH4.2CH3.W.Y/c1-5-30-32-18-26(34-30)22-6-8-24-25-9-7-23(27-19-33-31(35-27)21(4)20(2)3)17-29(25)39-15-13-37-11-10-36-12-14-38-28(24)16-22;2*1-2;;;;;/h5-9,16-21H,10-15H2,1-4H3,(H,32,34)(H,33,35);2*1-2H3;1H4;2*1H3;;/q-1;;;;2*-1;;+3/t21-;;;;;;;/m1......./s1. The van der Waals surface area contributed by atoms with Crippen LogP contribution in [0.25, 0.3) is 33.6 Å². The maximum Gasteiger partial charge on any atom is 3.00 e. The summed E-state index contributed by atoms with van der Waals surface area (Å²) in [6.45, 7) is 19.4. The van der Waals surface area contributed by atoms with Gasteiger partial charge in [-0.15, -0.1) is 0 Å². The minimum Gasteiger partial charge on any atom is -0.491 e. The van der Waals surface area contributed by atoms with Gasteiger partial charge in [-0.25, -0.2) is 4.98 Å². The molecule has 0 aliphatic carbocycles. The smallest absolute Gasteiger partial charge is 0.491 e. The molecule has 48 heavy (non-hydrogen) atoms. The molecule has 8 nitrogen and oxygen atoms in total. The molecule has 0 radical (unpaired) electrons. The summed E-state index contributed by atoms with van der Waals surface area (Å²) in [5.74, 6) is 4.18.